The number of rotatable bonds is 3. The molecule has 5 nitrogen and oxygen atoms in total. The van der Waals surface area contributed by atoms with E-state index in [1.54, 1.807) is 6.07 Å². The lowest BCUT2D eigenvalue weighted by Crippen LogP contribution is -2.63. The highest BCUT2D eigenvalue weighted by Gasteiger charge is 2.58. The lowest BCUT2D eigenvalue weighted by molar-refractivity contribution is -0.137. The summed E-state index contributed by atoms with van der Waals surface area (Å²) >= 11 is 0. The van der Waals surface area contributed by atoms with Gasteiger partial charge in [-0.15, -0.1) is 0 Å². The normalized spacial score (nSPS) is 36.3. The number of hydrogen-bond donors (Lipinski definition) is 2. The molecule has 3 fully saturated rings. The maximum absolute atomic E-state index is 12.7. The van der Waals surface area contributed by atoms with E-state index >= 15 is 0 Å². The number of hydrogen-bond acceptors (Lipinski definition) is 5. The third-order valence-electron chi connectivity index (χ3n) is 7.42. The van der Waals surface area contributed by atoms with Gasteiger partial charge in [0.05, 0.1) is 5.92 Å². The molecule has 2 saturated carbocycles. The summed E-state index contributed by atoms with van der Waals surface area (Å²) in [6.45, 7) is 2.03. The van der Waals surface area contributed by atoms with Crippen molar-refractivity contribution in [3.63, 3.8) is 0 Å². The Balaban J connectivity index is 1.64. The highest BCUT2D eigenvalue weighted by molar-refractivity contribution is 5.95. The summed E-state index contributed by atoms with van der Waals surface area (Å²) in [5.74, 6) is 0.283. The molecular weight excluding hydrogens is 330 g/mol. The van der Waals surface area contributed by atoms with Crippen LogP contribution in [0.15, 0.2) is 12.1 Å². The van der Waals surface area contributed by atoms with Crippen molar-refractivity contribution in [1.29, 1.82) is 0 Å². The van der Waals surface area contributed by atoms with E-state index in [1.807, 2.05) is 6.07 Å². The van der Waals surface area contributed by atoms with Gasteiger partial charge < -0.3 is 15.0 Å². The van der Waals surface area contributed by atoms with Crippen LogP contribution in [0.1, 0.15) is 43.2 Å². The van der Waals surface area contributed by atoms with E-state index in [0.29, 0.717) is 18.9 Å². The number of phenolic OH excluding ortho intramolecular Hbond substituents is 2. The highest BCUT2D eigenvalue weighted by atomic mass is 16.3. The van der Waals surface area contributed by atoms with E-state index in [-0.39, 0.29) is 23.2 Å². The lowest BCUT2D eigenvalue weighted by Gasteiger charge is -2.59. The average molecular weight is 355 g/mol. The molecule has 2 bridgehead atoms. The van der Waals surface area contributed by atoms with Gasteiger partial charge in [-0.3, -0.25) is 9.69 Å². The van der Waals surface area contributed by atoms with Crippen LogP contribution in [-0.2, 0) is 21.4 Å². The van der Waals surface area contributed by atoms with Gasteiger partial charge in [-0.25, -0.2) is 0 Å². The summed E-state index contributed by atoms with van der Waals surface area (Å²) < 4.78 is 0. The molecule has 1 aromatic rings. The zero-order valence-electron chi connectivity index (χ0n) is 14.9. The number of nitrogens with zero attached hydrogens (tertiary/aromatic N) is 1. The van der Waals surface area contributed by atoms with Crippen molar-refractivity contribution in [2.75, 3.05) is 13.1 Å². The van der Waals surface area contributed by atoms with Crippen molar-refractivity contribution >= 4 is 12.1 Å². The number of fused-ring (bicyclic) bond motifs is 1. The van der Waals surface area contributed by atoms with Crippen molar-refractivity contribution in [1.82, 2.24) is 4.90 Å². The molecule has 26 heavy (non-hydrogen) atoms. The fraction of sp³-hybridized carbons (Fsp3) is 0.619. The average Bonchev–Trinajstić information content (AvgIpc) is 3.43. The van der Waals surface area contributed by atoms with E-state index < -0.39 is 11.3 Å². The van der Waals surface area contributed by atoms with Crippen LogP contribution < -0.4 is 0 Å². The van der Waals surface area contributed by atoms with E-state index in [0.717, 1.165) is 49.3 Å². The Hall–Kier alpha value is -1.88. The number of piperidine rings is 1. The standard InChI is InChI=1S/C21H25NO4/c23-11-14-7-15-16-8-13-3-4-17(24)20(26)19(13)21(15,9-18(14)25)5-6-22(16)10-12-1-2-12/h3-4,11-12,14-16,24,26H,1-2,5-10H2/t14?,15?,16?,21-/m1/s1. The first-order chi connectivity index (χ1) is 12.5. The molecule has 5 rings (SSSR count). The maximum atomic E-state index is 12.7. The number of carbonyl (C=O) groups is 2. The third-order valence-corrected chi connectivity index (χ3v) is 7.42. The second-order valence-electron chi connectivity index (χ2n) is 8.81. The largest absolute Gasteiger partial charge is 0.504 e. The van der Waals surface area contributed by atoms with Gasteiger partial charge in [0.1, 0.15) is 12.1 Å². The van der Waals surface area contributed by atoms with Crippen LogP contribution in [0.25, 0.3) is 0 Å². The summed E-state index contributed by atoms with van der Waals surface area (Å²) in [6.07, 6.45) is 5.93. The predicted molar refractivity (Wildman–Crippen MR) is 95.1 cm³/mol. The first-order valence-electron chi connectivity index (χ1n) is 9.80. The molecule has 138 valence electrons. The zero-order chi connectivity index (χ0) is 18.1. The smallest absolute Gasteiger partial charge is 0.161 e. The zero-order valence-corrected chi connectivity index (χ0v) is 14.9. The van der Waals surface area contributed by atoms with Crippen molar-refractivity contribution < 1.29 is 19.8 Å². The Kier molecular flexibility index (Phi) is 3.48. The number of benzene rings is 1. The Morgan fingerprint density at radius 2 is 2.08 bits per heavy atom. The Morgan fingerprint density at radius 3 is 2.81 bits per heavy atom. The molecular formula is C21H25NO4. The summed E-state index contributed by atoms with van der Waals surface area (Å²) in [4.78, 5) is 26.7. The molecule has 1 aromatic carbocycles. The Labute approximate surface area is 153 Å². The third kappa shape index (κ3) is 2.19. The monoisotopic (exact) mass is 355 g/mol. The molecule has 1 aliphatic heterocycles. The molecule has 0 amide bonds. The second kappa shape index (κ2) is 5.56. The van der Waals surface area contributed by atoms with Crippen LogP contribution in [0.2, 0.25) is 0 Å². The predicted octanol–water partition coefficient (Wildman–Crippen LogP) is 2.17. The summed E-state index contributed by atoms with van der Waals surface area (Å²) in [7, 11) is 0. The Bertz CT molecular complexity index is 786. The molecule has 2 N–H and O–H groups in total. The van der Waals surface area contributed by atoms with Gasteiger partial charge in [0.25, 0.3) is 0 Å². The number of likely N-dealkylation sites (tertiary alicyclic amines) is 1. The van der Waals surface area contributed by atoms with Crippen molar-refractivity contribution in [2.45, 2.75) is 50.0 Å². The van der Waals surface area contributed by atoms with Crippen molar-refractivity contribution in [3.05, 3.63) is 23.3 Å². The van der Waals surface area contributed by atoms with Crippen LogP contribution in [-0.4, -0.2) is 46.3 Å². The van der Waals surface area contributed by atoms with E-state index in [9.17, 15) is 19.8 Å². The van der Waals surface area contributed by atoms with Crippen molar-refractivity contribution in [3.8, 4) is 11.5 Å². The minimum absolute atomic E-state index is 0.0127. The maximum Gasteiger partial charge on any atom is 0.161 e. The van der Waals surface area contributed by atoms with E-state index in [1.165, 1.54) is 12.8 Å². The molecule has 0 spiro atoms. The summed E-state index contributed by atoms with van der Waals surface area (Å²) in [5.41, 5.74) is 1.40. The molecule has 4 aliphatic rings. The number of Topliss-reactive ketones (excluding diaryl/α,β-unsaturated/α-hetero) is 1. The van der Waals surface area contributed by atoms with Gasteiger partial charge in [0.2, 0.25) is 0 Å². The quantitative estimate of drug-likeness (QED) is 0.494. The topological polar surface area (TPSA) is 77.8 Å². The van der Waals surface area contributed by atoms with Gasteiger partial charge in [-0.05, 0) is 62.1 Å². The lowest BCUT2D eigenvalue weighted by atomic mass is 9.50. The fourth-order valence-electron chi connectivity index (χ4n) is 6.00. The fourth-order valence-corrected chi connectivity index (χ4v) is 6.00. The molecule has 0 aromatic heterocycles. The molecule has 4 atom stereocenters. The number of ketones is 1. The SMILES string of the molecule is O=CC1CC2C3Cc4ccc(O)c(O)c4[C@]2(CCN3CC2CC2)CC1=O. The number of carbonyl (C=O) groups excluding carboxylic acids is 2. The van der Waals surface area contributed by atoms with Gasteiger partial charge in [-0.1, -0.05) is 6.07 Å². The second-order valence-corrected chi connectivity index (χ2v) is 8.81. The van der Waals surface area contributed by atoms with Crippen LogP contribution in [0, 0.1) is 17.8 Å². The molecule has 0 radical (unpaired) electrons. The Morgan fingerprint density at radius 1 is 1.27 bits per heavy atom. The molecule has 3 unspecified atom stereocenters. The summed E-state index contributed by atoms with van der Waals surface area (Å²) in [5, 5.41) is 20.8. The molecule has 1 heterocycles. The van der Waals surface area contributed by atoms with Crippen LogP contribution in [0.3, 0.4) is 0 Å². The number of aromatic hydroxyl groups is 2. The van der Waals surface area contributed by atoms with Crippen LogP contribution >= 0.6 is 0 Å². The highest BCUT2D eigenvalue weighted by Crippen LogP contribution is 2.59. The molecule has 5 heteroatoms. The number of phenols is 2. The minimum atomic E-state index is -0.516. The summed E-state index contributed by atoms with van der Waals surface area (Å²) in [6, 6.07) is 3.79. The number of aldehydes is 1. The van der Waals surface area contributed by atoms with Gasteiger partial charge >= 0.3 is 0 Å². The van der Waals surface area contributed by atoms with Gasteiger partial charge in [0, 0.05) is 30.0 Å². The first-order valence-corrected chi connectivity index (χ1v) is 9.80. The minimum Gasteiger partial charge on any atom is -0.504 e. The first kappa shape index (κ1) is 16.3. The van der Waals surface area contributed by atoms with Crippen molar-refractivity contribution in [2.24, 2.45) is 17.8 Å². The molecule has 3 aliphatic carbocycles. The van der Waals surface area contributed by atoms with E-state index in [4.69, 9.17) is 0 Å². The van der Waals surface area contributed by atoms with Gasteiger partial charge in [-0.2, -0.15) is 0 Å². The van der Waals surface area contributed by atoms with Gasteiger partial charge in [0.15, 0.2) is 11.5 Å². The molecule has 1 saturated heterocycles. The van der Waals surface area contributed by atoms with Crippen LogP contribution in [0.5, 0.6) is 11.5 Å². The van der Waals surface area contributed by atoms with E-state index in [2.05, 4.69) is 4.90 Å². The van der Waals surface area contributed by atoms with Crippen LogP contribution in [0.4, 0.5) is 0 Å².